The maximum absolute atomic E-state index is 12.0. The van der Waals surface area contributed by atoms with Crippen LogP contribution in [-0.4, -0.2) is 36.5 Å². The lowest BCUT2D eigenvalue weighted by molar-refractivity contribution is 0.0932. The third-order valence-electron chi connectivity index (χ3n) is 3.28. The van der Waals surface area contributed by atoms with E-state index in [1.807, 2.05) is 6.92 Å². The highest BCUT2D eigenvalue weighted by atomic mass is 16.1. The molecule has 4 heteroatoms. The predicted molar refractivity (Wildman–Crippen MR) is 73.5 cm³/mol. The van der Waals surface area contributed by atoms with Crippen molar-refractivity contribution in [2.75, 3.05) is 25.4 Å². The van der Waals surface area contributed by atoms with Gasteiger partial charge in [0.2, 0.25) is 0 Å². The van der Waals surface area contributed by atoms with Crippen LogP contribution in [0.15, 0.2) is 24.3 Å². The second kappa shape index (κ2) is 5.87. The summed E-state index contributed by atoms with van der Waals surface area (Å²) in [5, 5.41) is 3.02. The second-order valence-corrected chi connectivity index (χ2v) is 5.00. The average Bonchev–Trinajstić information content (AvgIpc) is 2.82. The van der Waals surface area contributed by atoms with E-state index in [2.05, 4.69) is 10.2 Å². The fraction of sp³-hybridized carbons (Fsp3) is 0.500. The molecule has 1 unspecified atom stereocenters. The predicted octanol–water partition coefficient (Wildman–Crippen LogP) is 1.48. The van der Waals surface area contributed by atoms with Crippen LogP contribution < -0.4 is 11.1 Å². The number of carbonyl (C=O) groups is 1. The van der Waals surface area contributed by atoms with Crippen LogP contribution in [0, 0.1) is 0 Å². The van der Waals surface area contributed by atoms with Gasteiger partial charge in [0.25, 0.3) is 5.91 Å². The van der Waals surface area contributed by atoms with E-state index in [0.717, 1.165) is 19.6 Å². The Kier molecular flexibility index (Phi) is 4.20. The molecule has 1 aromatic carbocycles. The number of rotatable bonds is 4. The number of hydrogen-bond acceptors (Lipinski definition) is 3. The Morgan fingerprint density at radius 2 is 1.94 bits per heavy atom. The molecule has 1 fully saturated rings. The zero-order valence-corrected chi connectivity index (χ0v) is 10.9. The van der Waals surface area contributed by atoms with Crippen molar-refractivity contribution in [1.29, 1.82) is 0 Å². The molecule has 1 aliphatic rings. The summed E-state index contributed by atoms with van der Waals surface area (Å²) in [7, 11) is 0. The number of benzene rings is 1. The lowest BCUT2D eigenvalue weighted by Gasteiger charge is -2.21. The molecule has 2 rings (SSSR count). The summed E-state index contributed by atoms with van der Waals surface area (Å²) in [4.78, 5) is 14.4. The van der Waals surface area contributed by atoms with Crippen molar-refractivity contribution in [2.24, 2.45) is 0 Å². The Morgan fingerprint density at radius 3 is 2.56 bits per heavy atom. The molecule has 0 aromatic heterocycles. The van der Waals surface area contributed by atoms with Crippen LogP contribution in [-0.2, 0) is 0 Å². The number of anilines is 1. The van der Waals surface area contributed by atoms with Crippen molar-refractivity contribution in [3.8, 4) is 0 Å². The van der Waals surface area contributed by atoms with Gasteiger partial charge in [-0.15, -0.1) is 0 Å². The molecule has 98 valence electrons. The Morgan fingerprint density at radius 1 is 1.33 bits per heavy atom. The normalized spacial score (nSPS) is 17.6. The molecule has 1 heterocycles. The molecule has 1 amide bonds. The van der Waals surface area contributed by atoms with Crippen molar-refractivity contribution < 1.29 is 4.79 Å². The van der Waals surface area contributed by atoms with E-state index in [-0.39, 0.29) is 11.9 Å². The van der Waals surface area contributed by atoms with E-state index in [9.17, 15) is 4.79 Å². The number of hydrogen-bond donors (Lipinski definition) is 2. The summed E-state index contributed by atoms with van der Waals surface area (Å²) in [5.74, 6) is -0.0262. The molecule has 1 atom stereocenters. The molecule has 1 aromatic rings. The van der Waals surface area contributed by atoms with Crippen LogP contribution in [0.1, 0.15) is 30.1 Å². The molecule has 18 heavy (non-hydrogen) atoms. The van der Waals surface area contributed by atoms with Gasteiger partial charge in [0, 0.05) is 23.8 Å². The van der Waals surface area contributed by atoms with Crippen LogP contribution in [0.25, 0.3) is 0 Å². The lowest BCUT2D eigenvalue weighted by atomic mass is 10.2. The quantitative estimate of drug-likeness (QED) is 0.792. The molecule has 1 aliphatic heterocycles. The minimum Gasteiger partial charge on any atom is -0.399 e. The monoisotopic (exact) mass is 247 g/mol. The van der Waals surface area contributed by atoms with Gasteiger partial charge in [-0.1, -0.05) is 0 Å². The average molecular weight is 247 g/mol. The number of nitrogens with one attached hydrogen (secondary N) is 1. The van der Waals surface area contributed by atoms with E-state index in [0.29, 0.717) is 11.3 Å². The molecule has 1 saturated heterocycles. The Hall–Kier alpha value is -1.55. The highest BCUT2D eigenvalue weighted by Gasteiger charge is 2.16. The van der Waals surface area contributed by atoms with Gasteiger partial charge in [0.05, 0.1) is 0 Å². The highest BCUT2D eigenvalue weighted by Crippen LogP contribution is 2.09. The summed E-state index contributed by atoms with van der Waals surface area (Å²) in [6, 6.07) is 7.19. The van der Waals surface area contributed by atoms with Crippen LogP contribution in [0.5, 0.6) is 0 Å². The summed E-state index contributed by atoms with van der Waals surface area (Å²) >= 11 is 0. The number of amides is 1. The molecule has 0 spiro atoms. The van der Waals surface area contributed by atoms with E-state index >= 15 is 0 Å². The smallest absolute Gasteiger partial charge is 0.251 e. The first-order valence-corrected chi connectivity index (χ1v) is 6.54. The van der Waals surface area contributed by atoms with Gasteiger partial charge < -0.3 is 16.0 Å². The number of carbonyl (C=O) groups excluding carboxylic acids is 1. The third-order valence-corrected chi connectivity index (χ3v) is 3.28. The van der Waals surface area contributed by atoms with E-state index < -0.39 is 0 Å². The third kappa shape index (κ3) is 3.47. The van der Waals surface area contributed by atoms with E-state index in [1.165, 1.54) is 12.8 Å². The number of nitrogens with two attached hydrogens (primary N) is 1. The molecular weight excluding hydrogens is 226 g/mol. The number of nitrogens with zero attached hydrogens (tertiary/aromatic N) is 1. The van der Waals surface area contributed by atoms with Crippen LogP contribution in [0.4, 0.5) is 5.69 Å². The fourth-order valence-corrected chi connectivity index (χ4v) is 2.34. The first kappa shape index (κ1) is 12.9. The van der Waals surface area contributed by atoms with Gasteiger partial charge in [-0.05, 0) is 57.1 Å². The van der Waals surface area contributed by atoms with E-state index in [1.54, 1.807) is 24.3 Å². The SMILES string of the molecule is CC(CN1CCCC1)NC(=O)c1ccc(N)cc1. The van der Waals surface area contributed by atoms with Crippen molar-refractivity contribution in [3.05, 3.63) is 29.8 Å². The summed E-state index contributed by atoms with van der Waals surface area (Å²) < 4.78 is 0. The van der Waals surface area contributed by atoms with Crippen LogP contribution in [0.2, 0.25) is 0 Å². The van der Waals surface area contributed by atoms with Gasteiger partial charge >= 0.3 is 0 Å². The van der Waals surface area contributed by atoms with Gasteiger partial charge in [0.1, 0.15) is 0 Å². The Labute approximate surface area is 108 Å². The van der Waals surface area contributed by atoms with Crippen molar-refractivity contribution >= 4 is 11.6 Å². The van der Waals surface area contributed by atoms with Gasteiger partial charge in [-0.2, -0.15) is 0 Å². The minimum atomic E-state index is -0.0262. The van der Waals surface area contributed by atoms with Crippen molar-refractivity contribution in [2.45, 2.75) is 25.8 Å². The first-order valence-electron chi connectivity index (χ1n) is 6.54. The Balaban J connectivity index is 1.84. The van der Waals surface area contributed by atoms with E-state index in [4.69, 9.17) is 5.73 Å². The molecule has 3 N–H and O–H groups in total. The first-order chi connectivity index (χ1) is 8.65. The van der Waals surface area contributed by atoms with Crippen LogP contribution >= 0.6 is 0 Å². The maximum atomic E-state index is 12.0. The summed E-state index contributed by atoms with van der Waals surface area (Å²) in [6.45, 7) is 5.29. The maximum Gasteiger partial charge on any atom is 0.251 e. The fourth-order valence-electron chi connectivity index (χ4n) is 2.34. The molecule has 0 aliphatic carbocycles. The number of nitrogen functional groups attached to an aromatic ring is 1. The zero-order chi connectivity index (χ0) is 13.0. The number of likely N-dealkylation sites (tertiary alicyclic amines) is 1. The minimum absolute atomic E-state index is 0.0262. The van der Waals surface area contributed by atoms with Gasteiger partial charge in [-0.3, -0.25) is 4.79 Å². The van der Waals surface area contributed by atoms with Crippen LogP contribution in [0.3, 0.4) is 0 Å². The molecular formula is C14H21N3O. The van der Waals surface area contributed by atoms with Crippen molar-refractivity contribution in [1.82, 2.24) is 10.2 Å². The topological polar surface area (TPSA) is 58.4 Å². The standard InChI is InChI=1S/C14H21N3O/c1-11(10-17-8-2-3-9-17)16-14(18)12-4-6-13(15)7-5-12/h4-7,11H,2-3,8-10,15H2,1H3,(H,16,18). The molecule has 0 bridgehead atoms. The Bertz CT molecular complexity index is 396. The highest BCUT2D eigenvalue weighted by molar-refractivity contribution is 5.94. The van der Waals surface area contributed by atoms with Gasteiger partial charge in [0.15, 0.2) is 0 Å². The van der Waals surface area contributed by atoms with Crippen molar-refractivity contribution in [3.63, 3.8) is 0 Å². The molecule has 0 radical (unpaired) electrons. The second-order valence-electron chi connectivity index (χ2n) is 5.00. The van der Waals surface area contributed by atoms with Gasteiger partial charge in [-0.25, -0.2) is 0 Å². The largest absolute Gasteiger partial charge is 0.399 e. The summed E-state index contributed by atoms with van der Waals surface area (Å²) in [6.07, 6.45) is 2.55. The molecule has 0 saturated carbocycles. The lowest BCUT2D eigenvalue weighted by Crippen LogP contribution is -2.41. The summed E-state index contributed by atoms with van der Waals surface area (Å²) in [5.41, 5.74) is 6.94. The zero-order valence-electron chi connectivity index (χ0n) is 10.9. The molecule has 4 nitrogen and oxygen atoms in total.